The molecule has 0 spiro atoms. The second kappa shape index (κ2) is 33.8. The summed E-state index contributed by atoms with van der Waals surface area (Å²) in [5.41, 5.74) is 18.3. The van der Waals surface area contributed by atoms with Crippen molar-refractivity contribution in [1.29, 1.82) is 0 Å². The van der Waals surface area contributed by atoms with E-state index in [4.69, 9.17) is 26.7 Å². The first kappa shape index (κ1) is 69.7. The number of hydrogen-bond donors (Lipinski definition) is 14. The number of hydrogen-bond acceptors (Lipinski definition) is 17. The van der Waals surface area contributed by atoms with Gasteiger partial charge in [0.2, 0.25) is 65.0 Å². The molecular formula is C59H79N17O15. The molecule has 0 aliphatic carbocycles. The highest BCUT2D eigenvalue weighted by molar-refractivity contribution is 5.99. The molecule has 2 aromatic carbocycles. The largest absolute Gasteiger partial charge is 0.463 e. The third kappa shape index (κ3) is 22.0. The van der Waals surface area contributed by atoms with Crippen molar-refractivity contribution in [2.45, 2.75) is 140 Å². The number of carbonyl (C=O) groups is 13. The molecule has 2 aliphatic rings. The molecule has 2 fully saturated rings. The van der Waals surface area contributed by atoms with Crippen LogP contribution in [0.2, 0.25) is 0 Å². The molecule has 32 nitrogen and oxygen atoms in total. The maximum Gasteiger partial charge on any atom is 0.308 e. The number of imidazole rings is 1. The maximum atomic E-state index is 14.8. The molecule has 0 bridgehead atoms. The van der Waals surface area contributed by atoms with Crippen LogP contribution in [-0.4, -0.2) is 184 Å². The summed E-state index contributed by atoms with van der Waals surface area (Å²) in [5.74, 6) is -10.3. The van der Waals surface area contributed by atoms with E-state index in [2.05, 4.69) is 67.8 Å². The molecule has 490 valence electrons. The number of aliphatic imine (C=N–C) groups is 1. The average molecular weight is 1270 g/mol. The number of nitrogens with two attached hydrogens (primary N) is 3. The fourth-order valence-electron chi connectivity index (χ4n) is 10.2. The molecule has 8 atom stereocenters. The quantitative estimate of drug-likeness (QED) is 0.00721. The highest BCUT2D eigenvalue weighted by Gasteiger charge is 2.40. The Labute approximate surface area is 522 Å². The normalized spacial score (nSPS) is 16.3. The predicted molar refractivity (Wildman–Crippen MR) is 324 cm³/mol. The number of amides is 11. The third-order valence-electron chi connectivity index (χ3n) is 14.6. The lowest BCUT2D eigenvalue weighted by Crippen LogP contribution is -2.61. The second-order valence-electron chi connectivity index (χ2n) is 22.3. The van der Waals surface area contributed by atoms with Crippen molar-refractivity contribution >= 4 is 93.8 Å². The van der Waals surface area contributed by atoms with Crippen LogP contribution in [0.4, 0.5) is 0 Å². The Morgan fingerprint density at radius 1 is 0.703 bits per heavy atom. The molecule has 0 radical (unpaired) electrons. The van der Waals surface area contributed by atoms with Gasteiger partial charge in [0.05, 0.1) is 19.4 Å². The summed E-state index contributed by atoms with van der Waals surface area (Å²) in [6.45, 7) is 3.99. The summed E-state index contributed by atoms with van der Waals surface area (Å²) in [7, 11) is 0. The summed E-state index contributed by atoms with van der Waals surface area (Å²) >= 11 is 0. The van der Waals surface area contributed by atoms with Gasteiger partial charge in [-0.05, 0) is 73.8 Å². The van der Waals surface area contributed by atoms with Gasteiger partial charge in [0.15, 0.2) is 5.96 Å². The van der Waals surface area contributed by atoms with Gasteiger partial charge in [0.1, 0.15) is 60.7 Å². The SMILES string of the molecule is CC(=O)OC[C@H](NC(=O)[C@H](Cc1c[nH]c2ccccc12)NC(=O)[C@H](Cc1cnc[nH]1)NC(=O)[C@@H]1CCC(=O)N1)C(=O)N[C@@H](Cc1ccc(OC(C)=O)cc1)C(=O)NCC(=O)N[C@@H](CC(C)C)C(=O)N[C@@H](CCCN=C(N)N)C(=O)N1CCC[C@H]1C(=O)NCC(N)=O. The monoisotopic (exact) mass is 1270 g/mol. The van der Waals surface area contributed by atoms with E-state index < -0.39 is 139 Å². The van der Waals surface area contributed by atoms with Crippen molar-refractivity contribution in [3.05, 3.63) is 84.1 Å². The first-order valence-corrected chi connectivity index (χ1v) is 29.6. The van der Waals surface area contributed by atoms with Crippen LogP contribution in [0.3, 0.4) is 0 Å². The average Bonchev–Trinajstić information content (AvgIpc) is 1.93. The molecule has 4 heterocycles. The van der Waals surface area contributed by atoms with Crippen LogP contribution in [0.25, 0.3) is 10.9 Å². The van der Waals surface area contributed by atoms with Crippen molar-refractivity contribution < 1.29 is 71.8 Å². The first-order valence-electron chi connectivity index (χ1n) is 29.6. The number of esters is 2. The number of aromatic amines is 2. The Bertz CT molecular complexity index is 3310. The molecule has 0 saturated carbocycles. The van der Waals surface area contributed by atoms with Gasteiger partial charge in [-0.25, -0.2) is 4.98 Å². The zero-order chi connectivity index (χ0) is 66.3. The summed E-state index contributed by atoms with van der Waals surface area (Å²) < 4.78 is 10.4. The molecule has 6 rings (SSSR count). The zero-order valence-electron chi connectivity index (χ0n) is 50.9. The van der Waals surface area contributed by atoms with Crippen LogP contribution in [0.5, 0.6) is 5.75 Å². The van der Waals surface area contributed by atoms with Crippen LogP contribution >= 0.6 is 0 Å². The van der Waals surface area contributed by atoms with Crippen molar-refractivity contribution in [3.63, 3.8) is 0 Å². The lowest BCUT2D eigenvalue weighted by Gasteiger charge is -2.30. The summed E-state index contributed by atoms with van der Waals surface area (Å²) in [4.78, 5) is 190. The Hall–Kier alpha value is -10.4. The number of nitrogens with one attached hydrogen (secondary N) is 11. The van der Waals surface area contributed by atoms with Crippen LogP contribution in [-0.2, 0) is 86.3 Å². The van der Waals surface area contributed by atoms with E-state index in [9.17, 15) is 62.3 Å². The Kier molecular flexibility index (Phi) is 25.9. The van der Waals surface area contributed by atoms with Gasteiger partial charge in [-0.2, -0.15) is 0 Å². The molecule has 2 saturated heterocycles. The number of nitrogens with zero attached hydrogens (tertiary/aromatic N) is 3. The Balaban J connectivity index is 1.22. The van der Waals surface area contributed by atoms with E-state index >= 15 is 0 Å². The zero-order valence-corrected chi connectivity index (χ0v) is 50.9. The molecular weight excluding hydrogens is 1190 g/mol. The van der Waals surface area contributed by atoms with Gasteiger partial charge in [-0.1, -0.05) is 44.2 Å². The van der Waals surface area contributed by atoms with Crippen molar-refractivity contribution in [1.82, 2.24) is 67.7 Å². The predicted octanol–water partition coefficient (Wildman–Crippen LogP) is -3.60. The number of primary amides is 1. The molecule has 4 aromatic rings. The number of likely N-dealkylation sites (tertiary alicyclic amines) is 1. The van der Waals surface area contributed by atoms with E-state index in [-0.39, 0.29) is 94.4 Å². The fraction of sp³-hybridized carbons (Fsp3) is 0.475. The van der Waals surface area contributed by atoms with Gasteiger partial charge in [0, 0.05) is 81.6 Å². The number of benzene rings is 2. The van der Waals surface area contributed by atoms with Crippen LogP contribution in [0.1, 0.15) is 89.5 Å². The number of para-hydroxylation sites is 1. The number of ether oxygens (including phenoxy) is 2. The lowest BCUT2D eigenvalue weighted by molar-refractivity contribution is -0.145. The second-order valence-corrected chi connectivity index (χ2v) is 22.3. The summed E-state index contributed by atoms with van der Waals surface area (Å²) in [6.07, 6.45) is 4.97. The number of guanidine groups is 1. The van der Waals surface area contributed by atoms with Crippen molar-refractivity contribution in [3.8, 4) is 5.75 Å². The van der Waals surface area contributed by atoms with E-state index in [1.807, 2.05) is 0 Å². The van der Waals surface area contributed by atoms with E-state index in [0.29, 0.717) is 34.1 Å². The van der Waals surface area contributed by atoms with E-state index in [1.54, 1.807) is 44.3 Å². The molecule has 32 heteroatoms. The Morgan fingerprint density at radius 2 is 1.36 bits per heavy atom. The van der Waals surface area contributed by atoms with Crippen molar-refractivity contribution in [2.75, 3.05) is 32.8 Å². The minimum Gasteiger partial charge on any atom is -0.463 e. The molecule has 2 aliphatic heterocycles. The minimum atomic E-state index is -1.77. The Morgan fingerprint density at radius 3 is 2.00 bits per heavy atom. The number of carbonyl (C=O) groups excluding carboxylic acids is 13. The molecule has 17 N–H and O–H groups in total. The van der Waals surface area contributed by atoms with E-state index in [1.165, 1.54) is 48.6 Å². The molecule has 11 amide bonds. The summed E-state index contributed by atoms with van der Waals surface area (Å²) in [5, 5.41) is 24.0. The van der Waals surface area contributed by atoms with E-state index in [0.717, 1.165) is 6.92 Å². The highest BCUT2D eigenvalue weighted by atomic mass is 16.5. The van der Waals surface area contributed by atoms with Gasteiger partial charge in [-0.15, -0.1) is 0 Å². The number of fused-ring (bicyclic) bond motifs is 1. The van der Waals surface area contributed by atoms with Crippen molar-refractivity contribution in [2.24, 2.45) is 28.1 Å². The van der Waals surface area contributed by atoms with Crippen LogP contribution in [0, 0.1) is 5.92 Å². The van der Waals surface area contributed by atoms with Crippen LogP contribution < -0.4 is 69.8 Å². The fourth-order valence-corrected chi connectivity index (χ4v) is 10.2. The number of rotatable bonds is 33. The molecule has 2 aromatic heterocycles. The number of aromatic nitrogens is 3. The highest BCUT2D eigenvalue weighted by Crippen LogP contribution is 2.22. The summed E-state index contributed by atoms with van der Waals surface area (Å²) in [6, 6.07) is 2.29. The van der Waals surface area contributed by atoms with Gasteiger partial charge in [0.25, 0.3) is 0 Å². The van der Waals surface area contributed by atoms with Gasteiger partial charge in [-0.3, -0.25) is 67.3 Å². The standard InChI is InChI=1S/C59H79N17O15/c1-31(2)21-42(53(84)71-41(11-7-19-64-59(61)62)58(89)76-20-8-12-47(76)57(88)66-27-48(60)79)70-50(81)28-67-51(82)43(22-34-13-15-37(16-14-34)91-33(4)78)72-56(87)46(29-90-32(3)77)75-54(85)44(23-35-25-65-39-10-6-5-9-38(35)39)73-55(86)45(24-36-26-63-30-68-36)74-52(83)40-17-18-49(80)69-40/h5-6,9-10,13-16,25-26,30-31,40-47,65H,7-8,11-12,17-24,27-29H2,1-4H3,(H2,60,79)(H,63,68)(H,66,88)(H,67,82)(H,69,80)(H,70,81)(H,71,84)(H,72,87)(H,73,86)(H,74,83)(H,75,85)(H4,61,62,64)/t40-,41-,42-,43-,44-,45-,46-,47-/m0/s1. The molecule has 91 heavy (non-hydrogen) atoms. The van der Waals surface area contributed by atoms with Gasteiger partial charge < -0.3 is 89.4 Å². The topological polar surface area (TPSA) is 487 Å². The minimum absolute atomic E-state index is 0.00225. The maximum absolute atomic E-state index is 14.8. The smallest absolute Gasteiger partial charge is 0.308 e. The lowest BCUT2D eigenvalue weighted by atomic mass is 10.0. The first-order chi connectivity index (χ1) is 43.3. The molecule has 0 unspecified atom stereocenters. The number of H-pyrrole nitrogens is 2. The third-order valence-corrected chi connectivity index (χ3v) is 14.6. The van der Waals surface area contributed by atoms with Gasteiger partial charge >= 0.3 is 11.9 Å². The van der Waals surface area contributed by atoms with Crippen LogP contribution in [0.15, 0.2) is 72.2 Å².